The standard InChI is InChI=1S/C17H24N4O4/c1-12-8-20-14(9-19-12)16(23)21-5-3-17(4-6-21)7-13(10-25-17)24-11-15(22)18-2/h8-9,13H,3-7,10-11H2,1-2H3,(H,18,22). The van der Waals surface area contributed by atoms with Crippen molar-refractivity contribution in [2.45, 2.75) is 37.9 Å². The number of amides is 2. The highest BCUT2D eigenvalue weighted by molar-refractivity contribution is 5.92. The lowest BCUT2D eigenvalue weighted by Gasteiger charge is -2.38. The number of piperidine rings is 1. The van der Waals surface area contributed by atoms with Gasteiger partial charge in [0, 0.05) is 32.8 Å². The van der Waals surface area contributed by atoms with E-state index < -0.39 is 0 Å². The van der Waals surface area contributed by atoms with E-state index in [1.54, 1.807) is 18.1 Å². The van der Waals surface area contributed by atoms with E-state index in [-0.39, 0.29) is 30.1 Å². The second-order valence-corrected chi connectivity index (χ2v) is 6.64. The molecule has 1 unspecified atom stereocenters. The number of ether oxygens (including phenoxy) is 2. The van der Waals surface area contributed by atoms with Gasteiger partial charge in [-0.15, -0.1) is 0 Å². The Hall–Kier alpha value is -2.06. The number of aryl methyl sites for hydroxylation is 1. The van der Waals surface area contributed by atoms with Gasteiger partial charge in [0.25, 0.3) is 5.91 Å². The summed E-state index contributed by atoms with van der Waals surface area (Å²) in [6.07, 6.45) is 5.35. The van der Waals surface area contributed by atoms with E-state index in [4.69, 9.17) is 9.47 Å². The van der Waals surface area contributed by atoms with Crippen LogP contribution < -0.4 is 5.32 Å². The molecule has 1 aromatic heterocycles. The first kappa shape index (κ1) is 17.8. The minimum atomic E-state index is -0.247. The molecule has 2 fully saturated rings. The molecule has 136 valence electrons. The van der Waals surface area contributed by atoms with Gasteiger partial charge >= 0.3 is 0 Å². The molecule has 25 heavy (non-hydrogen) atoms. The van der Waals surface area contributed by atoms with Crippen molar-refractivity contribution in [2.24, 2.45) is 0 Å². The molecule has 1 aromatic rings. The molecule has 1 atom stereocenters. The summed E-state index contributed by atoms with van der Waals surface area (Å²) in [5.74, 6) is -0.228. The van der Waals surface area contributed by atoms with E-state index in [1.807, 2.05) is 6.92 Å². The number of likely N-dealkylation sites (tertiary alicyclic amines) is 1. The highest BCUT2D eigenvalue weighted by Crippen LogP contribution is 2.37. The third-order valence-electron chi connectivity index (χ3n) is 4.87. The predicted molar refractivity (Wildman–Crippen MR) is 89.0 cm³/mol. The van der Waals surface area contributed by atoms with Crippen LogP contribution in [0.2, 0.25) is 0 Å². The predicted octanol–water partition coefficient (Wildman–Crippen LogP) is 0.311. The van der Waals surface area contributed by atoms with E-state index in [1.165, 1.54) is 6.20 Å². The second kappa shape index (κ2) is 7.45. The minimum absolute atomic E-state index is 0.0529. The first-order chi connectivity index (χ1) is 12.0. The number of nitrogens with zero attached hydrogens (tertiary/aromatic N) is 3. The summed E-state index contributed by atoms with van der Waals surface area (Å²) in [5.41, 5.74) is 0.917. The molecule has 2 aliphatic rings. The van der Waals surface area contributed by atoms with Gasteiger partial charge in [-0.05, 0) is 19.8 Å². The van der Waals surface area contributed by atoms with Gasteiger partial charge in [0.1, 0.15) is 12.3 Å². The Kier molecular flexibility index (Phi) is 5.29. The molecule has 3 heterocycles. The SMILES string of the molecule is CNC(=O)COC1COC2(CCN(C(=O)c3cnc(C)cn3)CC2)C1. The maximum absolute atomic E-state index is 12.5. The van der Waals surface area contributed by atoms with Gasteiger partial charge in [-0.3, -0.25) is 14.6 Å². The molecule has 8 heteroatoms. The average Bonchev–Trinajstić information content (AvgIpc) is 3.03. The van der Waals surface area contributed by atoms with Crippen molar-refractivity contribution in [2.75, 3.05) is 33.4 Å². The van der Waals surface area contributed by atoms with Crippen molar-refractivity contribution < 1.29 is 19.1 Å². The van der Waals surface area contributed by atoms with Crippen LogP contribution in [0.15, 0.2) is 12.4 Å². The number of carbonyl (C=O) groups excluding carboxylic acids is 2. The Morgan fingerprint density at radius 1 is 1.36 bits per heavy atom. The lowest BCUT2D eigenvalue weighted by molar-refractivity contribution is -0.127. The molecule has 0 saturated carbocycles. The van der Waals surface area contributed by atoms with E-state index in [0.717, 1.165) is 25.0 Å². The Balaban J connectivity index is 1.51. The molecule has 1 spiro atoms. The molecule has 3 rings (SSSR count). The van der Waals surface area contributed by atoms with E-state index >= 15 is 0 Å². The van der Waals surface area contributed by atoms with Gasteiger partial charge in [0.15, 0.2) is 0 Å². The molecule has 8 nitrogen and oxygen atoms in total. The third kappa shape index (κ3) is 4.13. The highest BCUT2D eigenvalue weighted by atomic mass is 16.6. The Morgan fingerprint density at radius 3 is 2.76 bits per heavy atom. The number of hydrogen-bond acceptors (Lipinski definition) is 6. The van der Waals surface area contributed by atoms with E-state index in [0.29, 0.717) is 25.4 Å². The molecule has 1 N–H and O–H groups in total. The van der Waals surface area contributed by atoms with Crippen molar-refractivity contribution in [3.8, 4) is 0 Å². The van der Waals surface area contributed by atoms with Gasteiger partial charge < -0.3 is 19.7 Å². The van der Waals surface area contributed by atoms with Crippen LogP contribution in [0.1, 0.15) is 35.4 Å². The molecule has 2 amide bonds. The lowest BCUT2D eigenvalue weighted by atomic mass is 9.88. The quantitative estimate of drug-likeness (QED) is 0.842. The normalized spacial score (nSPS) is 22.2. The summed E-state index contributed by atoms with van der Waals surface area (Å²) in [5, 5.41) is 2.54. The zero-order valence-electron chi connectivity index (χ0n) is 14.7. The van der Waals surface area contributed by atoms with Gasteiger partial charge in [-0.25, -0.2) is 4.98 Å². The summed E-state index contributed by atoms with van der Waals surface area (Å²) in [4.78, 5) is 33.9. The van der Waals surface area contributed by atoms with Crippen molar-refractivity contribution >= 4 is 11.8 Å². The van der Waals surface area contributed by atoms with Crippen LogP contribution in [-0.4, -0.2) is 71.7 Å². The Bertz CT molecular complexity index is 626. The van der Waals surface area contributed by atoms with E-state index in [9.17, 15) is 9.59 Å². The van der Waals surface area contributed by atoms with Crippen LogP contribution in [0.4, 0.5) is 0 Å². The molecule has 0 radical (unpaired) electrons. The largest absolute Gasteiger partial charge is 0.372 e. The van der Waals surface area contributed by atoms with Crippen molar-refractivity contribution in [3.05, 3.63) is 23.8 Å². The summed E-state index contributed by atoms with van der Waals surface area (Å²) in [6, 6.07) is 0. The fourth-order valence-electron chi connectivity index (χ4n) is 3.31. The van der Waals surface area contributed by atoms with Crippen molar-refractivity contribution in [1.82, 2.24) is 20.2 Å². The summed E-state index contributed by atoms with van der Waals surface area (Å²) in [7, 11) is 1.59. The number of rotatable bonds is 4. The number of carbonyl (C=O) groups is 2. The topological polar surface area (TPSA) is 93.7 Å². The number of nitrogens with one attached hydrogen (secondary N) is 1. The molecule has 0 bridgehead atoms. The van der Waals surface area contributed by atoms with Crippen LogP contribution in [0.3, 0.4) is 0 Å². The van der Waals surface area contributed by atoms with E-state index in [2.05, 4.69) is 15.3 Å². The molecule has 2 aliphatic heterocycles. The van der Waals surface area contributed by atoms with Crippen molar-refractivity contribution in [3.63, 3.8) is 0 Å². The zero-order chi connectivity index (χ0) is 17.9. The number of aromatic nitrogens is 2. The maximum atomic E-state index is 12.5. The van der Waals surface area contributed by atoms with Crippen LogP contribution in [0, 0.1) is 6.92 Å². The number of likely N-dealkylation sites (N-methyl/N-ethyl adjacent to an activating group) is 1. The molecule has 0 aromatic carbocycles. The van der Waals surface area contributed by atoms with Crippen LogP contribution in [0.5, 0.6) is 0 Å². The van der Waals surface area contributed by atoms with Gasteiger partial charge in [0.2, 0.25) is 5.91 Å². The first-order valence-electron chi connectivity index (χ1n) is 8.55. The number of hydrogen-bond donors (Lipinski definition) is 1. The monoisotopic (exact) mass is 348 g/mol. The van der Waals surface area contributed by atoms with Crippen LogP contribution in [-0.2, 0) is 14.3 Å². The fourth-order valence-corrected chi connectivity index (χ4v) is 3.31. The van der Waals surface area contributed by atoms with Gasteiger partial charge in [0.05, 0.1) is 30.2 Å². The second-order valence-electron chi connectivity index (χ2n) is 6.64. The maximum Gasteiger partial charge on any atom is 0.274 e. The molecular weight excluding hydrogens is 324 g/mol. The smallest absolute Gasteiger partial charge is 0.274 e. The fraction of sp³-hybridized carbons (Fsp3) is 0.647. The Labute approximate surface area is 146 Å². The summed E-state index contributed by atoms with van der Waals surface area (Å²) >= 11 is 0. The van der Waals surface area contributed by atoms with Gasteiger partial charge in [-0.1, -0.05) is 0 Å². The lowest BCUT2D eigenvalue weighted by Crippen LogP contribution is -2.46. The zero-order valence-corrected chi connectivity index (χ0v) is 14.7. The minimum Gasteiger partial charge on any atom is -0.372 e. The molecule has 2 saturated heterocycles. The highest BCUT2D eigenvalue weighted by Gasteiger charge is 2.44. The molecule has 0 aliphatic carbocycles. The Morgan fingerprint density at radius 2 is 2.12 bits per heavy atom. The van der Waals surface area contributed by atoms with Crippen LogP contribution >= 0.6 is 0 Å². The summed E-state index contributed by atoms with van der Waals surface area (Å²) < 4.78 is 11.6. The third-order valence-corrected chi connectivity index (χ3v) is 4.87. The molecular formula is C17H24N4O4. The van der Waals surface area contributed by atoms with Crippen molar-refractivity contribution in [1.29, 1.82) is 0 Å². The van der Waals surface area contributed by atoms with Crippen LogP contribution in [0.25, 0.3) is 0 Å². The first-order valence-corrected chi connectivity index (χ1v) is 8.55. The van der Waals surface area contributed by atoms with Gasteiger partial charge in [-0.2, -0.15) is 0 Å². The average molecular weight is 348 g/mol. The summed E-state index contributed by atoms with van der Waals surface area (Å²) in [6.45, 7) is 3.63.